The highest BCUT2D eigenvalue weighted by molar-refractivity contribution is 5.30. The standard InChI is InChI=1S/C14H19F2NO/c15-14(16,12-4-1-5-13(18)9-12)10-11-3-2-7-17-8-6-11/h1,4-5,9,11,17-18H,2-3,6-8,10H2. The number of phenols is 1. The van der Waals surface area contributed by atoms with Crippen LogP contribution in [-0.4, -0.2) is 18.2 Å². The van der Waals surface area contributed by atoms with Gasteiger partial charge < -0.3 is 10.4 Å². The highest BCUT2D eigenvalue weighted by Crippen LogP contribution is 2.38. The molecule has 2 rings (SSSR count). The van der Waals surface area contributed by atoms with Gasteiger partial charge in [-0.15, -0.1) is 0 Å². The Morgan fingerprint density at radius 1 is 1.28 bits per heavy atom. The molecule has 1 atom stereocenters. The van der Waals surface area contributed by atoms with Crippen LogP contribution in [0.25, 0.3) is 0 Å². The molecular formula is C14H19F2NO. The molecule has 0 amide bonds. The Morgan fingerprint density at radius 2 is 2.11 bits per heavy atom. The summed E-state index contributed by atoms with van der Waals surface area (Å²) in [5.74, 6) is -2.90. The van der Waals surface area contributed by atoms with Crippen molar-refractivity contribution in [3.05, 3.63) is 29.8 Å². The number of alkyl halides is 2. The van der Waals surface area contributed by atoms with Gasteiger partial charge in [-0.2, -0.15) is 0 Å². The number of halogens is 2. The fourth-order valence-electron chi connectivity index (χ4n) is 2.51. The first-order valence-corrected chi connectivity index (χ1v) is 6.46. The van der Waals surface area contributed by atoms with Crippen molar-refractivity contribution in [2.24, 2.45) is 5.92 Å². The molecule has 1 aromatic rings. The molecule has 1 fully saturated rings. The van der Waals surface area contributed by atoms with Crippen molar-refractivity contribution >= 4 is 0 Å². The van der Waals surface area contributed by atoms with Crippen LogP contribution in [0.5, 0.6) is 5.75 Å². The van der Waals surface area contributed by atoms with Crippen LogP contribution < -0.4 is 5.32 Å². The van der Waals surface area contributed by atoms with Gasteiger partial charge in [0.05, 0.1) is 0 Å². The fraction of sp³-hybridized carbons (Fsp3) is 0.571. The first-order valence-electron chi connectivity index (χ1n) is 6.46. The van der Waals surface area contributed by atoms with E-state index in [4.69, 9.17) is 0 Å². The zero-order valence-corrected chi connectivity index (χ0v) is 10.3. The Balaban J connectivity index is 2.05. The molecule has 0 bridgehead atoms. The number of aromatic hydroxyl groups is 1. The van der Waals surface area contributed by atoms with Gasteiger partial charge in [-0.1, -0.05) is 12.1 Å². The molecule has 1 unspecified atom stereocenters. The molecule has 0 aromatic heterocycles. The third kappa shape index (κ3) is 3.42. The molecule has 4 heteroatoms. The van der Waals surface area contributed by atoms with Crippen molar-refractivity contribution < 1.29 is 13.9 Å². The number of phenolic OH excluding ortho intramolecular Hbond substituents is 1. The van der Waals surface area contributed by atoms with Crippen LogP contribution in [0.2, 0.25) is 0 Å². The Kier molecular flexibility index (Phi) is 4.17. The second kappa shape index (κ2) is 5.65. The predicted molar refractivity (Wildman–Crippen MR) is 66.8 cm³/mol. The first kappa shape index (κ1) is 13.3. The average Bonchev–Trinajstić information content (AvgIpc) is 2.57. The van der Waals surface area contributed by atoms with E-state index < -0.39 is 5.92 Å². The van der Waals surface area contributed by atoms with Gasteiger partial charge >= 0.3 is 0 Å². The number of hydrogen-bond donors (Lipinski definition) is 2. The van der Waals surface area contributed by atoms with Crippen LogP contribution in [0.1, 0.15) is 31.2 Å². The zero-order valence-electron chi connectivity index (χ0n) is 10.3. The molecule has 2 nitrogen and oxygen atoms in total. The van der Waals surface area contributed by atoms with Crippen LogP contribution >= 0.6 is 0 Å². The van der Waals surface area contributed by atoms with E-state index in [1.807, 2.05) is 0 Å². The van der Waals surface area contributed by atoms with Crippen molar-refractivity contribution in [3.8, 4) is 5.75 Å². The topological polar surface area (TPSA) is 32.3 Å². The number of benzene rings is 1. The molecule has 2 N–H and O–H groups in total. The van der Waals surface area contributed by atoms with E-state index in [1.165, 1.54) is 18.2 Å². The van der Waals surface area contributed by atoms with Crippen LogP contribution in [-0.2, 0) is 5.92 Å². The number of rotatable bonds is 3. The Labute approximate surface area is 106 Å². The van der Waals surface area contributed by atoms with Gasteiger partial charge in [0.15, 0.2) is 0 Å². The maximum Gasteiger partial charge on any atom is 0.273 e. The summed E-state index contributed by atoms with van der Waals surface area (Å²) in [6.45, 7) is 1.75. The maximum absolute atomic E-state index is 14.1. The lowest BCUT2D eigenvalue weighted by molar-refractivity contribution is -0.0307. The minimum absolute atomic E-state index is 0.0531. The normalized spacial score (nSPS) is 21.6. The second-order valence-corrected chi connectivity index (χ2v) is 5.01. The molecule has 0 spiro atoms. The summed E-state index contributed by atoms with van der Waals surface area (Å²) in [5.41, 5.74) is -0.0836. The Bertz CT molecular complexity index is 387. The molecule has 1 aromatic carbocycles. The predicted octanol–water partition coefficient (Wildman–Crippen LogP) is 3.26. The lowest BCUT2D eigenvalue weighted by atomic mass is 9.90. The molecule has 1 aliphatic rings. The van der Waals surface area contributed by atoms with Gasteiger partial charge in [-0.25, -0.2) is 8.78 Å². The first-order chi connectivity index (χ1) is 8.58. The van der Waals surface area contributed by atoms with Crippen LogP contribution in [0.15, 0.2) is 24.3 Å². The Morgan fingerprint density at radius 3 is 2.89 bits per heavy atom. The third-order valence-electron chi connectivity index (χ3n) is 3.51. The van der Waals surface area contributed by atoms with Gasteiger partial charge in [-0.05, 0) is 50.4 Å². The molecule has 1 saturated heterocycles. The van der Waals surface area contributed by atoms with E-state index >= 15 is 0 Å². The van der Waals surface area contributed by atoms with Crippen LogP contribution in [0, 0.1) is 5.92 Å². The van der Waals surface area contributed by atoms with Crippen LogP contribution in [0.4, 0.5) is 8.78 Å². The average molecular weight is 255 g/mol. The van der Waals surface area contributed by atoms with E-state index in [-0.39, 0.29) is 23.7 Å². The van der Waals surface area contributed by atoms with Gasteiger partial charge in [0.1, 0.15) is 5.75 Å². The van der Waals surface area contributed by atoms with Gasteiger partial charge in [0, 0.05) is 12.0 Å². The number of hydrogen-bond acceptors (Lipinski definition) is 2. The minimum atomic E-state index is -2.85. The molecule has 0 radical (unpaired) electrons. The largest absolute Gasteiger partial charge is 0.508 e. The highest BCUT2D eigenvalue weighted by Gasteiger charge is 2.34. The van der Waals surface area contributed by atoms with E-state index in [0.29, 0.717) is 0 Å². The monoisotopic (exact) mass is 255 g/mol. The van der Waals surface area contributed by atoms with E-state index in [9.17, 15) is 13.9 Å². The molecule has 0 aliphatic carbocycles. The summed E-state index contributed by atoms with van der Waals surface area (Å²) in [7, 11) is 0. The summed E-state index contributed by atoms with van der Waals surface area (Å²) in [4.78, 5) is 0. The highest BCUT2D eigenvalue weighted by atomic mass is 19.3. The van der Waals surface area contributed by atoms with Crippen molar-refractivity contribution in [1.82, 2.24) is 5.32 Å². The molecule has 1 heterocycles. The van der Waals surface area contributed by atoms with Crippen molar-refractivity contribution in [2.75, 3.05) is 13.1 Å². The molecular weight excluding hydrogens is 236 g/mol. The van der Waals surface area contributed by atoms with Crippen molar-refractivity contribution in [3.63, 3.8) is 0 Å². The summed E-state index contributed by atoms with van der Waals surface area (Å²) in [6, 6.07) is 5.42. The third-order valence-corrected chi connectivity index (χ3v) is 3.51. The summed E-state index contributed by atoms with van der Waals surface area (Å²) < 4.78 is 28.2. The lowest BCUT2D eigenvalue weighted by Gasteiger charge is -2.22. The van der Waals surface area contributed by atoms with E-state index in [1.54, 1.807) is 0 Å². The fourth-order valence-corrected chi connectivity index (χ4v) is 2.51. The summed E-state index contributed by atoms with van der Waals surface area (Å²) in [5, 5.41) is 12.5. The Hall–Kier alpha value is -1.16. The van der Waals surface area contributed by atoms with Gasteiger partial charge in [-0.3, -0.25) is 0 Å². The lowest BCUT2D eigenvalue weighted by Crippen LogP contribution is -2.20. The van der Waals surface area contributed by atoms with Gasteiger partial charge in [0.25, 0.3) is 5.92 Å². The van der Waals surface area contributed by atoms with E-state index in [2.05, 4.69) is 5.32 Å². The minimum Gasteiger partial charge on any atom is -0.508 e. The second-order valence-electron chi connectivity index (χ2n) is 5.01. The quantitative estimate of drug-likeness (QED) is 0.869. The SMILES string of the molecule is Oc1cccc(C(F)(F)CC2CCCNCC2)c1. The molecule has 0 saturated carbocycles. The summed E-state index contributed by atoms with van der Waals surface area (Å²) >= 11 is 0. The van der Waals surface area contributed by atoms with E-state index in [0.717, 1.165) is 38.4 Å². The smallest absolute Gasteiger partial charge is 0.273 e. The van der Waals surface area contributed by atoms with Crippen molar-refractivity contribution in [1.29, 1.82) is 0 Å². The maximum atomic E-state index is 14.1. The van der Waals surface area contributed by atoms with Gasteiger partial charge in [0.2, 0.25) is 0 Å². The summed E-state index contributed by atoms with van der Waals surface area (Å²) in [6.07, 6.45) is 2.48. The number of nitrogens with one attached hydrogen (secondary N) is 1. The molecule has 18 heavy (non-hydrogen) atoms. The van der Waals surface area contributed by atoms with Crippen LogP contribution in [0.3, 0.4) is 0 Å². The van der Waals surface area contributed by atoms with Crippen molar-refractivity contribution in [2.45, 2.75) is 31.6 Å². The zero-order chi connectivity index (χ0) is 13.0. The molecule has 100 valence electrons. The molecule has 1 aliphatic heterocycles.